The number of nitriles is 1. The van der Waals surface area contributed by atoms with Crippen molar-refractivity contribution in [2.45, 2.75) is 31.8 Å². The van der Waals surface area contributed by atoms with Crippen molar-refractivity contribution in [1.82, 2.24) is 9.13 Å². The number of nitrogens with zero attached hydrogens (tertiary/aromatic N) is 3. The van der Waals surface area contributed by atoms with Crippen LogP contribution in [-0.4, -0.2) is 17.6 Å². The molecule has 7 nitrogen and oxygen atoms in total. The minimum Gasteiger partial charge on any atom is -0.859 e. The van der Waals surface area contributed by atoms with Crippen LogP contribution in [0.25, 0.3) is 6.08 Å². The molecule has 1 aromatic heterocycles. The molecule has 0 aliphatic rings. The Morgan fingerprint density at radius 3 is 2.31 bits per heavy atom. The van der Waals surface area contributed by atoms with Crippen LogP contribution < -0.4 is 10.7 Å². The molecular weight excluding hydrogens is 374 g/mol. The SMILES string of the molecule is CCn1c([O-])c(C=C(C#N)S(=O)(=O)c2ccccc2)c(=O)n(CC)c1=S. The maximum Gasteiger partial charge on any atom is 0.260 e. The third-order valence-electron chi connectivity index (χ3n) is 3.77. The van der Waals surface area contributed by atoms with Gasteiger partial charge in [-0.25, -0.2) is 8.42 Å². The summed E-state index contributed by atoms with van der Waals surface area (Å²) in [6.45, 7) is 3.79. The molecule has 136 valence electrons. The van der Waals surface area contributed by atoms with E-state index >= 15 is 0 Å². The first-order valence-electron chi connectivity index (χ1n) is 7.76. The van der Waals surface area contributed by atoms with Crippen molar-refractivity contribution >= 4 is 28.1 Å². The molecule has 0 bridgehead atoms. The standard InChI is InChI=1S/C17H17N3O4S2/c1-3-19-15(21)14(16(22)20(4-2)17(19)25)10-13(11-18)26(23,24)12-8-6-5-7-9-12/h5-10,21H,3-4H2,1-2H3/p-1. The smallest absolute Gasteiger partial charge is 0.260 e. The Labute approximate surface area is 156 Å². The summed E-state index contributed by atoms with van der Waals surface area (Å²) in [5.41, 5.74) is -1.12. The Balaban J connectivity index is 2.82. The lowest BCUT2D eigenvalue weighted by atomic mass is 10.2. The van der Waals surface area contributed by atoms with E-state index in [2.05, 4.69) is 0 Å². The molecule has 0 radical (unpaired) electrons. The predicted molar refractivity (Wildman–Crippen MR) is 97.5 cm³/mol. The Bertz CT molecular complexity index is 1120. The largest absolute Gasteiger partial charge is 0.859 e. The summed E-state index contributed by atoms with van der Waals surface area (Å²) in [7, 11) is -4.15. The van der Waals surface area contributed by atoms with E-state index in [0.717, 1.165) is 6.08 Å². The van der Waals surface area contributed by atoms with Gasteiger partial charge in [0.05, 0.1) is 10.5 Å². The van der Waals surface area contributed by atoms with Crippen molar-refractivity contribution in [3.63, 3.8) is 0 Å². The van der Waals surface area contributed by atoms with E-state index < -0.39 is 31.7 Å². The van der Waals surface area contributed by atoms with Gasteiger partial charge in [0.15, 0.2) is 4.77 Å². The number of aromatic nitrogens is 2. The second-order valence-electron chi connectivity index (χ2n) is 5.23. The van der Waals surface area contributed by atoms with Gasteiger partial charge in [0.2, 0.25) is 9.84 Å². The number of sulfone groups is 1. The molecular formula is C17H16N3O4S2-. The Kier molecular flexibility index (Phi) is 5.79. The van der Waals surface area contributed by atoms with Gasteiger partial charge in [0, 0.05) is 13.1 Å². The molecule has 0 aliphatic heterocycles. The van der Waals surface area contributed by atoms with Gasteiger partial charge in [0.1, 0.15) is 11.0 Å². The minimum atomic E-state index is -4.15. The summed E-state index contributed by atoms with van der Waals surface area (Å²) < 4.78 is 27.7. The van der Waals surface area contributed by atoms with Crippen LogP contribution in [-0.2, 0) is 22.9 Å². The van der Waals surface area contributed by atoms with Gasteiger partial charge >= 0.3 is 0 Å². The fourth-order valence-electron chi connectivity index (χ4n) is 2.41. The summed E-state index contributed by atoms with van der Waals surface area (Å²) in [5.74, 6) is -0.719. The zero-order chi connectivity index (χ0) is 19.5. The van der Waals surface area contributed by atoms with Crippen LogP contribution in [0.1, 0.15) is 19.4 Å². The van der Waals surface area contributed by atoms with Crippen molar-refractivity contribution in [3.05, 3.63) is 55.9 Å². The van der Waals surface area contributed by atoms with Crippen LogP contribution in [0.4, 0.5) is 0 Å². The summed E-state index contributed by atoms with van der Waals surface area (Å²) in [4.78, 5) is 11.8. The van der Waals surface area contributed by atoms with Crippen molar-refractivity contribution in [2.24, 2.45) is 0 Å². The van der Waals surface area contributed by atoms with Crippen LogP contribution in [0, 0.1) is 16.1 Å². The van der Waals surface area contributed by atoms with Crippen LogP contribution >= 0.6 is 12.2 Å². The van der Waals surface area contributed by atoms with E-state index in [1.165, 1.54) is 33.4 Å². The van der Waals surface area contributed by atoms with Crippen LogP contribution in [0.5, 0.6) is 5.88 Å². The van der Waals surface area contributed by atoms with Crippen molar-refractivity contribution < 1.29 is 13.5 Å². The molecule has 0 aliphatic carbocycles. The van der Waals surface area contributed by atoms with E-state index in [9.17, 15) is 23.6 Å². The molecule has 9 heteroatoms. The first kappa shape index (κ1) is 19.6. The second-order valence-corrected chi connectivity index (χ2v) is 7.52. The molecule has 2 rings (SSSR count). The second kappa shape index (κ2) is 7.68. The lowest BCUT2D eigenvalue weighted by Gasteiger charge is -2.21. The van der Waals surface area contributed by atoms with Gasteiger partial charge in [-0.15, -0.1) is 0 Å². The highest BCUT2D eigenvalue weighted by molar-refractivity contribution is 7.95. The lowest BCUT2D eigenvalue weighted by Crippen LogP contribution is -2.29. The predicted octanol–water partition coefficient (Wildman–Crippen LogP) is 1.83. The van der Waals surface area contributed by atoms with Gasteiger partial charge in [0.25, 0.3) is 5.56 Å². The first-order chi connectivity index (χ1) is 12.3. The zero-order valence-corrected chi connectivity index (χ0v) is 15.8. The molecule has 0 atom stereocenters. The van der Waals surface area contributed by atoms with E-state index in [1.807, 2.05) is 0 Å². The minimum absolute atomic E-state index is 0.0616. The average Bonchev–Trinajstić information content (AvgIpc) is 2.63. The first-order valence-corrected chi connectivity index (χ1v) is 9.65. The van der Waals surface area contributed by atoms with Gasteiger partial charge in [-0.1, -0.05) is 18.2 Å². The Hall–Kier alpha value is -2.70. The molecule has 0 saturated carbocycles. The molecule has 0 fully saturated rings. The summed E-state index contributed by atoms with van der Waals surface area (Å²) in [6.07, 6.45) is 0.833. The normalized spacial score (nSPS) is 12.0. The number of allylic oxidation sites excluding steroid dienone is 1. The zero-order valence-electron chi connectivity index (χ0n) is 14.2. The highest BCUT2D eigenvalue weighted by atomic mass is 32.2. The van der Waals surface area contributed by atoms with Gasteiger partial charge in [-0.05, 0) is 50.2 Å². The lowest BCUT2D eigenvalue weighted by molar-refractivity contribution is -0.280. The van der Waals surface area contributed by atoms with Crippen molar-refractivity contribution in [3.8, 4) is 11.9 Å². The van der Waals surface area contributed by atoms with E-state index in [4.69, 9.17) is 12.2 Å². The maximum atomic E-state index is 12.6. The van der Waals surface area contributed by atoms with E-state index in [-0.39, 0.29) is 22.8 Å². The molecule has 0 amide bonds. The fraction of sp³-hybridized carbons (Fsp3) is 0.235. The summed E-state index contributed by atoms with van der Waals surface area (Å²) >= 11 is 5.14. The highest BCUT2D eigenvalue weighted by Gasteiger charge is 2.21. The van der Waals surface area contributed by atoms with Crippen LogP contribution in [0.3, 0.4) is 0 Å². The summed E-state index contributed by atoms with van der Waals surface area (Å²) in [6, 6.07) is 8.92. The summed E-state index contributed by atoms with van der Waals surface area (Å²) in [5, 5.41) is 21.9. The molecule has 0 spiro atoms. The molecule has 2 aromatic rings. The molecule has 1 heterocycles. The maximum absolute atomic E-state index is 12.6. The van der Waals surface area contributed by atoms with E-state index in [1.54, 1.807) is 26.0 Å². The topological polar surface area (TPSA) is 108 Å². The van der Waals surface area contributed by atoms with Crippen molar-refractivity contribution in [2.75, 3.05) is 0 Å². The monoisotopic (exact) mass is 390 g/mol. The van der Waals surface area contributed by atoms with Gasteiger partial charge in [-0.3, -0.25) is 9.36 Å². The van der Waals surface area contributed by atoms with Crippen molar-refractivity contribution in [1.29, 1.82) is 5.26 Å². The number of rotatable bonds is 5. The van der Waals surface area contributed by atoms with E-state index in [0.29, 0.717) is 0 Å². The van der Waals surface area contributed by atoms with Crippen LogP contribution in [0.2, 0.25) is 0 Å². The Morgan fingerprint density at radius 2 is 1.81 bits per heavy atom. The molecule has 0 saturated heterocycles. The quantitative estimate of drug-likeness (QED) is 0.569. The molecule has 1 aromatic carbocycles. The third kappa shape index (κ3) is 3.34. The highest BCUT2D eigenvalue weighted by Crippen LogP contribution is 2.22. The molecule has 26 heavy (non-hydrogen) atoms. The fourth-order valence-corrected chi connectivity index (χ4v) is 4.00. The third-order valence-corrected chi connectivity index (χ3v) is 5.90. The average molecular weight is 390 g/mol. The number of hydrogen-bond donors (Lipinski definition) is 0. The van der Waals surface area contributed by atoms with Gasteiger partial charge < -0.3 is 9.67 Å². The Morgan fingerprint density at radius 1 is 1.23 bits per heavy atom. The van der Waals surface area contributed by atoms with Gasteiger partial charge in [-0.2, -0.15) is 5.26 Å². The number of hydrogen-bond acceptors (Lipinski definition) is 6. The van der Waals surface area contributed by atoms with Crippen LogP contribution in [0.15, 0.2) is 44.9 Å². The number of benzene rings is 1. The molecule has 0 unspecified atom stereocenters. The molecule has 0 N–H and O–H groups in total.